The summed E-state index contributed by atoms with van der Waals surface area (Å²) in [5.74, 6) is 1.34. The Kier molecular flexibility index (Phi) is 5.53. The molecule has 0 fully saturated rings. The molecule has 0 saturated heterocycles. The summed E-state index contributed by atoms with van der Waals surface area (Å²) in [6.07, 6.45) is 7.56. The third-order valence-electron chi connectivity index (χ3n) is 4.60. The Hall–Kier alpha value is -2.56. The Morgan fingerprint density at radius 1 is 0.920 bits per heavy atom. The molecule has 0 aromatic heterocycles. The molecule has 5 nitrogen and oxygen atoms in total. The van der Waals surface area contributed by atoms with Crippen molar-refractivity contribution in [3.63, 3.8) is 0 Å². The van der Waals surface area contributed by atoms with Crippen LogP contribution in [0, 0.1) is 10.1 Å². The molecule has 0 saturated carbocycles. The zero-order chi connectivity index (χ0) is 17.6. The first-order valence-electron chi connectivity index (χ1n) is 8.79. The van der Waals surface area contributed by atoms with Crippen molar-refractivity contribution in [2.45, 2.75) is 44.9 Å². The summed E-state index contributed by atoms with van der Waals surface area (Å²) in [5, 5.41) is 11.5. The minimum Gasteiger partial charge on any atom is -0.493 e. The van der Waals surface area contributed by atoms with Crippen molar-refractivity contribution in [1.29, 1.82) is 0 Å². The zero-order valence-electron chi connectivity index (χ0n) is 14.5. The monoisotopic (exact) mass is 341 g/mol. The van der Waals surface area contributed by atoms with Gasteiger partial charge in [0.25, 0.3) is 0 Å². The molecule has 0 radical (unpaired) electrons. The Morgan fingerprint density at radius 3 is 2.24 bits per heavy atom. The predicted octanol–water partition coefficient (Wildman–Crippen LogP) is 5.44. The van der Waals surface area contributed by atoms with E-state index in [0.717, 1.165) is 43.2 Å². The summed E-state index contributed by atoms with van der Waals surface area (Å²) in [5.41, 5.74) is 2.14. The quantitative estimate of drug-likeness (QED) is 0.538. The van der Waals surface area contributed by atoms with Gasteiger partial charge in [0.1, 0.15) is 0 Å². The van der Waals surface area contributed by atoms with E-state index in [1.54, 1.807) is 19.2 Å². The molecule has 0 amide bonds. The first-order valence-corrected chi connectivity index (χ1v) is 8.79. The molecule has 5 heteroatoms. The van der Waals surface area contributed by atoms with E-state index in [1.165, 1.54) is 12.8 Å². The molecule has 0 unspecified atom stereocenters. The number of ether oxygens (including phenoxy) is 2. The molecular weight excluding hydrogens is 318 g/mol. The molecule has 2 aromatic carbocycles. The Bertz CT molecular complexity index is 757. The van der Waals surface area contributed by atoms with E-state index >= 15 is 0 Å². The lowest BCUT2D eigenvalue weighted by Gasteiger charge is -2.12. The van der Waals surface area contributed by atoms with E-state index in [9.17, 15) is 10.1 Å². The second kappa shape index (κ2) is 8.01. The Balaban J connectivity index is 2.02. The summed E-state index contributed by atoms with van der Waals surface area (Å²) in [6.45, 7) is 0. The van der Waals surface area contributed by atoms with Crippen molar-refractivity contribution in [3.05, 3.63) is 57.6 Å². The van der Waals surface area contributed by atoms with Gasteiger partial charge in [-0.05, 0) is 55.0 Å². The van der Waals surface area contributed by atoms with Crippen LogP contribution in [0.2, 0.25) is 0 Å². The number of aryl methyl sites for hydroxylation is 2. The highest BCUT2D eigenvalue weighted by Crippen LogP contribution is 2.37. The average Bonchev–Trinajstić information content (AvgIpc) is 2.62. The van der Waals surface area contributed by atoms with Gasteiger partial charge in [0, 0.05) is 6.07 Å². The number of hydrogen-bond acceptors (Lipinski definition) is 4. The number of nitrogens with zero attached hydrogens (tertiary/aromatic N) is 1. The van der Waals surface area contributed by atoms with Crippen LogP contribution in [0.5, 0.6) is 17.2 Å². The average molecular weight is 341 g/mol. The van der Waals surface area contributed by atoms with Gasteiger partial charge in [-0.25, -0.2) is 0 Å². The van der Waals surface area contributed by atoms with Crippen LogP contribution in [0.25, 0.3) is 0 Å². The lowest BCUT2D eigenvalue weighted by molar-refractivity contribution is -0.385. The molecule has 2 aromatic rings. The van der Waals surface area contributed by atoms with Gasteiger partial charge in [-0.1, -0.05) is 31.4 Å². The molecule has 0 N–H and O–H groups in total. The van der Waals surface area contributed by atoms with Gasteiger partial charge < -0.3 is 9.47 Å². The molecule has 25 heavy (non-hydrogen) atoms. The van der Waals surface area contributed by atoms with Crippen LogP contribution in [0.4, 0.5) is 5.69 Å². The number of benzene rings is 2. The van der Waals surface area contributed by atoms with Gasteiger partial charge >= 0.3 is 5.69 Å². The standard InChI is InChI=1S/C20H23NO4/c1-24-19-12-10-16-8-6-4-2-3-5-7-15-9-11-18(25-20(19)14-16)17(13-15)21(22)23/h9-14H,2-8H2,1H3. The second-order valence-electron chi connectivity index (χ2n) is 6.41. The van der Waals surface area contributed by atoms with E-state index in [4.69, 9.17) is 9.47 Å². The van der Waals surface area contributed by atoms with Crippen molar-refractivity contribution in [2.24, 2.45) is 0 Å². The van der Waals surface area contributed by atoms with E-state index in [1.807, 2.05) is 24.3 Å². The van der Waals surface area contributed by atoms with Crippen LogP contribution in [0.15, 0.2) is 36.4 Å². The summed E-state index contributed by atoms with van der Waals surface area (Å²) in [6, 6.07) is 11.1. The third-order valence-corrected chi connectivity index (χ3v) is 4.60. The van der Waals surface area contributed by atoms with Gasteiger partial charge in [0.15, 0.2) is 11.5 Å². The number of nitro groups is 1. The molecule has 0 aliphatic carbocycles. The fourth-order valence-electron chi connectivity index (χ4n) is 3.21. The smallest absolute Gasteiger partial charge is 0.311 e. The largest absolute Gasteiger partial charge is 0.493 e. The minimum absolute atomic E-state index is 0.000159. The predicted molar refractivity (Wildman–Crippen MR) is 96.7 cm³/mol. The number of rotatable bonds is 2. The first-order chi connectivity index (χ1) is 12.2. The van der Waals surface area contributed by atoms with Gasteiger partial charge in [0.05, 0.1) is 12.0 Å². The van der Waals surface area contributed by atoms with Crippen molar-refractivity contribution in [1.82, 2.24) is 0 Å². The van der Waals surface area contributed by atoms with Gasteiger partial charge in [0.2, 0.25) is 5.75 Å². The van der Waals surface area contributed by atoms with E-state index in [2.05, 4.69) is 0 Å². The fourth-order valence-corrected chi connectivity index (χ4v) is 3.21. The van der Waals surface area contributed by atoms with Crippen LogP contribution in [-0.2, 0) is 12.8 Å². The van der Waals surface area contributed by atoms with Crippen molar-refractivity contribution in [3.8, 4) is 17.2 Å². The normalized spacial score (nSPS) is 14.9. The molecule has 4 rings (SSSR count). The molecular formula is C20H23NO4. The summed E-state index contributed by atoms with van der Waals surface area (Å²) in [7, 11) is 1.57. The minimum atomic E-state index is -0.382. The molecule has 2 heterocycles. The maximum absolute atomic E-state index is 11.5. The topological polar surface area (TPSA) is 61.6 Å². The lowest BCUT2D eigenvalue weighted by Crippen LogP contribution is -1.97. The molecule has 0 spiro atoms. The van der Waals surface area contributed by atoms with Crippen molar-refractivity contribution in [2.75, 3.05) is 7.11 Å². The van der Waals surface area contributed by atoms with Crippen LogP contribution in [0.1, 0.15) is 43.2 Å². The summed E-state index contributed by atoms with van der Waals surface area (Å²) in [4.78, 5) is 11.1. The van der Waals surface area contributed by atoms with E-state index in [-0.39, 0.29) is 16.4 Å². The molecule has 0 atom stereocenters. The maximum Gasteiger partial charge on any atom is 0.311 e. The summed E-state index contributed by atoms with van der Waals surface area (Å²) < 4.78 is 11.3. The zero-order valence-corrected chi connectivity index (χ0v) is 14.5. The van der Waals surface area contributed by atoms with Gasteiger partial charge in [-0.2, -0.15) is 0 Å². The molecule has 4 bridgehead atoms. The Morgan fingerprint density at radius 2 is 1.56 bits per heavy atom. The van der Waals surface area contributed by atoms with Crippen LogP contribution >= 0.6 is 0 Å². The highest BCUT2D eigenvalue weighted by atomic mass is 16.6. The van der Waals surface area contributed by atoms with Gasteiger partial charge in [-0.15, -0.1) is 0 Å². The molecule has 132 valence electrons. The lowest BCUT2D eigenvalue weighted by atomic mass is 10.0. The number of nitro benzene ring substituents is 1. The van der Waals surface area contributed by atoms with Crippen LogP contribution < -0.4 is 9.47 Å². The van der Waals surface area contributed by atoms with Crippen LogP contribution in [-0.4, -0.2) is 12.0 Å². The number of fused-ring (bicyclic) bond motifs is 8. The highest BCUT2D eigenvalue weighted by Gasteiger charge is 2.19. The molecule has 2 aliphatic rings. The maximum atomic E-state index is 11.5. The van der Waals surface area contributed by atoms with E-state index < -0.39 is 0 Å². The SMILES string of the molecule is COc1ccc2cc1Oc1ccc(cc1[N+](=O)[O-])CCCCCCC2. The summed E-state index contributed by atoms with van der Waals surface area (Å²) >= 11 is 0. The first kappa shape index (κ1) is 17.3. The fraction of sp³-hybridized carbons (Fsp3) is 0.400. The second-order valence-corrected chi connectivity index (χ2v) is 6.41. The van der Waals surface area contributed by atoms with Crippen LogP contribution in [0.3, 0.4) is 0 Å². The van der Waals surface area contributed by atoms with Crippen molar-refractivity contribution < 1.29 is 14.4 Å². The highest BCUT2D eigenvalue weighted by molar-refractivity contribution is 5.53. The number of methoxy groups -OCH3 is 1. The third kappa shape index (κ3) is 4.29. The van der Waals surface area contributed by atoms with Gasteiger partial charge in [-0.3, -0.25) is 10.1 Å². The van der Waals surface area contributed by atoms with E-state index in [0.29, 0.717) is 11.5 Å². The number of hydrogen-bond donors (Lipinski definition) is 0. The molecule has 2 aliphatic heterocycles. The Labute approximate surface area is 147 Å². The van der Waals surface area contributed by atoms with Crippen molar-refractivity contribution >= 4 is 5.69 Å².